The van der Waals surface area contributed by atoms with Crippen LogP contribution in [0.2, 0.25) is 0 Å². The van der Waals surface area contributed by atoms with Gasteiger partial charge >= 0.3 is 20.6 Å². The van der Waals surface area contributed by atoms with Gasteiger partial charge in [0.15, 0.2) is 6.10 Å². The van der Waals surface area contributed by atoms with Crippen molar-refractivity contribution in [2.24, 2.45) is 0 Å². The maximum atomic E-state index is 12.1. The molecule has 0 spiro atoms. The van der Waals surface area contributed by atoms with Gasteiger partial charge in [0.05, 0.1) is 0 Å². The van der Waals surface area contributed by atoms with Gasteiger partial charge in [0.25, 0.3) is 0 Å². The van der Waals surface area contributed by atoms with Gasteiger partial charge in [-0.25, -0.2) is 4.57 Å². The fourth-order valence-electron chi connectivity index (χ4n) is 4.28. The van der Waals surface area contributed by atoms with Crippen molar-refractivity contribution in [1.82, 2.24) is 0 Å². The van der Waals surface area contributed by atoms with Crippen LogP contribution in [0.1, 0.15) is 148 Å². The van der Waals surface area contributed by atoms with Gasteiger partial charge in [-0.15, -0.1) is 0 Å². The second kappa shape index (κ2) is 29.9. The zero-order valence-electron chi connectivity index (χ0n) is 23.6. The van der Waals surface area contributed by atoms with Crippen LogP contribution >= 0.6 is 21.3 Å². The van der Waals surface area contributed by atoms with E-state index in [1.165, 1.54) is 89.9 Å². The van der Waals surface area contributed by atoms with E-state index in [1.807, 2.05) is 0 Å². The van der Waals surface area contributed by atoms with Crippen molar-refractivity contribution in [2.45, 2.75) is 154 Å². The van der Waals surface area contributed by atoms with Gasteiger partial charge in [0.1, 0.15) is 13.2 Å². The number of carbonyl (C=O) groups excluding carboxylic acids is 2. The lowest BCUT2D eigenvalue weighted by molar-refractivity contribution is -0.160. The number of ether oxygens (including phenoxy) is 2. The lowest BCUT2D eigenvalue weighted by Gasteiger charge is -2.16. The standard InChI is InChI=1S/C29H55O6PS/c1-2-3-4-5-6-13-17-20-23-29(31)35-27(26-34-36-32)25-33-28(30)22-19-16-14-11-9-7-8-10-12-15-18-21-24-37/h27,37H,2-26H2,1H3/t27-/m1/s1. The fraction of sp³-hybridized carbons (Fsp3) is 0.931. The van der Waals surface area contributed by atoms with Crippen molar-refractivity contribution in [2.75, 3.05) is 19.0 Å². The molecule has 0 aliphatic carbocycles. The molecule has 0 aromatic heterocycles. The highest BCUT2D eigenvalue weighted by atomic mass is 32.1. The number of esters is 2. The maximum Gasteiger partial charge on any atom is 0.327 e. The van der Waals surface area contributed by atoms with Crippen molar-refractivity contribution >= 4 is 33.3 Å². The summed E-state index contributed by atoms with van der Waals surface area (Å²) in [6, 6.07) is 0. The Balaban J connectivity index is 3.77. The van der Waals surface area contributed by atoms with E-state index in [-0.39, 0.29) is 25.2 Å². The Hall–Kier alpha value is -0.650. The number of carbonyl (C=O) groups is 2. The van der Waals surface area contributed by atoms with Crippen LogP contribution in [0.3, 0.4) is 0 Å². The minimum Gasteiger partial charge on any atom is -0.462 e. The summed E-state index contributed by atoms with van der Waals surface area (Å²) < 4.78 is 26.2. The van der Waals surface area contributed by atoms with E-state index in [9.17, 15) is 14.2 Å². The third-order valence-electron chi connectivity index (χ3n) is 6.56. The second-order valence-corrected chi connectivity index (χ2v) is 11.0. The molecule has 1 atom stereocenters. The van der Waals surface area contributed by atoms with Crippen LogP contribution in [-0.4, -0.2) is 37.0 Å². The number of rotatable bonds is 29. The van der Waals surface area contributed by atoms with Crippen LogP contribution in [0.5, 0.6) is 0 Å². The van der Waals surface area contributed by atoms with E-state index >= 15 is 0 Å². The highest BCUT2D eigenvalue weighted by Gasteiger charge is 2.17. The molecule has 0 fully saturated rings. The Labute approximate surface area is 234 Å². The summed E-state index contributed by atoms with van der Waals surface area (Å²) in [5.74, 6) is 0.387. The first-order chi connectivity index (χ1) is 18.1. The first kappa shape index (κ1) is 36.4. The van der Waals surface area contributed by atoms with Gasteiger partial charge in [-0.2, -0.15) is 12.6 Å². The normalized spacial score (nSPS) is 12.1. The van der Waals surface area contributed by atoms with Crippen LogP contribution in [0.4, 0.5) is 0 Å². The SMILES string of the molecule is CCCCCCCCCCC(=O)O[C@@H](COP=O)COC(=O)CCCCCCCCCCCCCCS. The zero-order chi connectivity index (χ0) is 27.2. The molecule has 0 N–H and O–H groups in total. The van der Waals surface area contributed by atoms with Gasteiger partial charge in [-0.3, -0.25) is 14.1 Å². The van der Waals surface area contributed by atoms with Crippen molar-refractivity contribution in [3.63, 3.8) is 0 Å². The summed E-state index contributed by atoms with van der Waals surface area (Å²) in [6.45, 7) is 2.09. The Bertz CT molecular complexity index is 535. The van der Waals surface area contributed by atoms with E-state index < -0.39 is 14.8 Å². The maximum absolute atomic E-state index is 12.1. The summed E-state index contributed by atoms with van der Waals surface area (Å²) in [6.07, 6.45) is 23.9. The van der Waals surface area contributed by atoms with Crippen molar-refractivity contribution in [1.29, 1.82) is 0 Å². The molecule has 0 saturated heterocycles. The lowest BCUT2D eigenvalue weighted by atomic mass is 10.0. The summed E-state index contributed by atoms with van der Waals surface area (Å²) >= 11 is 4.24. The molecular weight excluding hydrogens is 507 g/mol. The molecule has 0 aliphatic heterocycles. The van der Waals surface area contributed by atoms with Gasteiger partial charge in [-0.05, 0) is 25.0 Å². The predicted octanol–water partition coefficient (Wildman–Crippen LogP) is 9.20. The monoisotopic (exact) mass is 562 g/mol. The molecule has 6 nitrogen and oxygen atoms in total. The molecule has 218 valence electrons. The van der Waals surface area contributed by atoms with E-state index in [2.05, 4.69) is 19.6 Å². The van der Waals surface area contributed by atoms with Gasteiger partial charge in [-0.1, -0.05) is 116 Å². The molecule has 0 aromatic carbocycles. The average Bonchev–Trinajstić information content (AvgIpc) is 2.89. The topological polar surface area (TPSA) is 78.9 Å². The van der Waals surface area contributed by atoms with E-state index in [1.54, 1.807) is 0 Å². The van der Waals surface area contributed by atoms with Crippen LogP contribution in [0.25, 0.3) is 0 Å². The van der Waals surface area contributed by atoms with Gasteiger partial charge in [0, 0.05) is 12.8 Å². The number of hydrogen-bond donors (Lipinski definition) is 1. The van der Waals surface area contributed by atoms with Crippen molar-refractivity contribution in [3.05, 3.63) is 0 Å². The third-order valence-corrected chi connectivity index (χ3v) is 7.14. The largest absolute Gasteiger partial charge is 0.462 e. The smallest absolute Gasteiger partial charge is 0.327 e. The summed E-state index contributed by atoms with van der Waals surface area (Å²) in [5, 5.41) is 0. The number of hydrogen-bond acceptors (Lipinski definition) is 7. The highest BCUT2D eigenvalue weighted by molar-refractivity contribution is 7.80. The number of thiol groups is 1. The van der Waals surface area contributed by atoms with Crippen molar-refractivity contribution < 1.29 is 28.2 Å². The Kier molecular flexibility index (Phi) is 29.4. The molecule has 0 saturated carbocycles. The molecule has 37 heavy (non-hydrogen) atoms. The fourth-order valence-corrected chi connectivity index (χ4v) is 4.74. The van der Waals surface area contributed by atoms with Crippen molar-refractivity contribution in [3.8, 4) is 0 Å². The molecule has 0 unspecified atom stereocenters. The van der Waals surface area contributed by atoms with Crippen LogP contribution < -0.4 is 0 Å². The van der Waals surface area contributed by atoms with Gasteiger partial charge < -0.3 is 9.47 Å². The first-order valence-electron chi connectivity index (χ1n) is 15.0. The molecule has 0 heterocycles. The second-order valence-electron chi connectivity index (χ2n) is 10.1. The summed E-state index contributed by atoms with van der Waals surface area (Å²) in [7, 11) is -0.484. The molecule has 8 heteroatoms. The molecular formula is C29H55O6PS. The lowest BCUT2D eigenvalue weighted by Crippen LogP contribution is -2.28. The molecule has 0 aliphatic rings. The van der Waals surface area contributed by atoms with Crippen LogP contribution in [0, 0.1) is 0 Å². The summed E-state index contributed by atoms with van der Waals surface area (Å²) in [5.41, 5.74) is 0. The van der Waals surface area contributed by atoms with E-state index in [0.717, 1.165) is 44.3 Å². The molecule has 0 amide bonds. The summed E-state index contributed by atoms with van der Waals surface area (Å²) in [4.78, 5) is 24.2. The van der Waals surface area contributed by atoms with Crippen LogP contribution in [-0.2, 0) is 28.2 Å². The average molecular weight is 563 g/mol. The molecule has 0 radical (unpaired) electrons. The third kappa shape index (κ3) is 28.2. The van der Waals surface area contributed by atoms with E-state index in [0.29, 0.717) is 12.8 Å². The molecule has 0 aromatic rings. The predicted molar refractivity (Wildman–Crippen MR) is 155 cm³/mol. The minimum absolute atomic E-state index is 0.0584. The Morgan fingerprint density at radius 2 is 1.05 bits per heavy atom. The molecule has 0 rings (SSSR count). The molecule has 0 bridgehead atoms. The highest BCUT2D eigenvalue weighted by Crippen LogP contribution is 2.14. The van der Waals surface area contributed by atoms with Crippen LogP contribution in [0.15, 0.2) is 0 Å². The Morgan fingerprint density at radius 1 is 0.622 bits per heavy atom. The zero-order valence-corrected chi connectivity index (χ0v) is 25.4. The number of unbranched alkanes of at least 4 members (excludes halogenated alkanes) is 18. The first-order valence-corrected chi connectivity index (χ1v) is 16.4. The van der Waals surface area contributed by atoms with Gasteiger partial charge in [0.2, 0.25) is 0 Å². The minimum atomic E-state index is -0.727. The van der Waals surface area contributed by atoms with E-state index in [4.69, 9.17) is 14.0 Å². The Morgan fingerprint density at radius 3 is 1.51 bits per heavy atom. The quantitative estimate of drug-likeness (QED) is 0.0424.